The number of hydrogen-bond donors (Lipinski definition) is 1. The summed E-state index contributed by atoms with van der Waals surface area (Å²) in [4.78, 5) is 4.70. The Hall–Kier alpha value is -1.49. The van der Waals surface area contributed by atoms with Crippen LogP contribution in [0.1, 0.15) is 32.4 Å². The van der Waals surface area contributed by atoms with Crippen molar-refractivity contribution in [3.05, 3.63) is 42.1 Å². The lowest BCUT2D eigenvalue weighted by Gasteiger charge is -2.46. The summed E-state index contributed by atoms with van der Waals surface area (Å²) in [5.41, 5.74) is 2.13. The highest BCUT2D eigenvalue weighted by Gasteiger charge is 2.44. The van der Waals surface area contributed by atoms with Crippen LogP contribution in [-0.4, -0.2) is 42.6 Å². The fourth-order valence-corrected chi connectivity index (χ4v) is 4.12. The molecule has 0 unspecified atom stereocenters. The van der Waals surface area contributed by atoms with E-state index >= 15 is 0 Å². The number of nitrogens with zero attached hydrogens (tertiary/aromatic N) is 1. The molecule has 0 bridgehead atoms. The van der Waals surface area contributed by atoms with Gasteiger partial charge in [0.25, 0.3) is 0 Å². The second-order valence-electron chi connectivity index (χ2n) is 7.68. The standard InChI is InChI=1S/C21H29NO3/c1-21(2)12-10-19(17(14-23)20(21)24-3)25-13-11-16-9-8-15-6-4-5-7-18(15)22-16/h4-9,17,19-20,23H,10-14H2,1-3H3/t17-,19-,20-/m1/s1. The third kappa shape index (κ3) is 4.02. The van der Waals surface area contributed by atoms with Crippen molar-refractivity contribution >= 4 is 10.9 Å². The maximum Gasteiger partial charge on any atom is 0.0705 e. The van der Waals surface area contributed by atoms with Gasteiger partial charge in [-0.25, -0.2) is 0 Å². The molecular weight excluding hydrogens is 314 g/mol. The number of aliphatic hydroxyl groups excluding tert-OH is 1. The van der Waals surface area contributed by atoms with Gasteiger partial charge in [-0.05, 0) is 30.4 Å². The number of ether oxygens (including phenoxy) is 2. The van der Waals surface area contributed by atoms with E-state index in [1.54, 1.807) is 7.11 Å². The number of hydrogen-bond acceptors (Lipinski definition) is 4. The van der Waals surface area contributed by atoms with E-state index in [4.69, 9.17) is 14.5 Å². The maximum atomic E-state index is 9.86. The number of rotatable bonds is 6. The Morgan fingerprint density at radius 2 is 2.00 bits per heavy atom. The molecule has 1 aromatic heterocycles. The van der Waals surface area contributed by atoms with Gasteiger partial charge in [-0.2, -0.15) is 0 Å². The molecule has 0 amide bonds. The van der Waals surface area contributed by atoms with E-state index in [9.17, 15) is 5.11 Å². The third-order valence-electron chi connectivity index (χ3n) is 5.52. The SMILES string of the molecule is CO[C@@H]1[C@H](CO)[C@H](OCCc2ccc3ccccc3n2)CCC1(C)C. The summed E-state index contributed by atoms with van der Waals surface area (Å²) >= 11 is 0. The van der Waals surface area contributed by atoms with Crippen molar-refractivity contribution in [2.24, 2.45) is 11.3 Å². The molecule has 1 aromatic carbocycles. The molecule has 25 heavy (non-hydrogen) atoms. The fourth-order valence-electron chi connectivity index (χ4n) is 4.12. The largest absolute Gasteiger partial charge is 0.396 e. The van der Waals surface area contributed by atoms with E-state index in [1.807, 2.05) is 18.2 Å². The second kappa shape index (κ2) is 7.81. The zero-order chi connectivity index (χ0) is 17.9. The van der Waals surface area contributed by atoms with Crippen molar-refractivity contribution < 1.29 is 14.6 Å². The molecule has 1 heterocycles. The van der Waals surface area contributed by atoms with Crippen molar-refractivity contribution in [1.29, 1.82) is 0 Å². The summed E-state index contributed by atoms with van der Waals surface area (Å²) in [7, 11) is 1.73. The maximum absolute atomic E-state index is 9.86. The Kier molecular flexibility index (Phi) is 5.72. The average molecular weight is 343 g/mol. The smallest absolute Gasteiger partial charge is 0.0705 e. The molecule has 1 aliphatic rings. The van der Waals surface area contributed by atoms with Gasteiger partial charge in [-0.1, -0.05) is 38.1 Å². The summed E-state index contributed by atoms with van der Waals surface area (Å²) in [6.07, 6.45) is 2.85. The van der Waals surface area contributed by atoms with E-state index in [0.29, 0.717) is 6.61 Å². The van der Waals surface area contributed by atoms with E-state index in [1.165, 1.54) is 0 Å². The van der Waals surface area contributed by atoms with E-state index in [0.717, 1.165) is 35.9 Å². The Morgan fingerprint density at radius 3 is 2.76 bits per heavy atom. The first-order chi connectivity index (χ1) is 12.0. The van der Waals surface area contributed by atoms with Crippen molar-refractivity contribution in [2.45, 2.75) is 45.3 Å². The molecule has 3 rings (SSSR count). The summed E-state index contributed by atoms with van der Waals surface area (Å²) < 4.78 is 11.8. The van der Waals surface area contributed by atoms with Gasteiger partial charge in [0.05, 0.1) is 30.9 Å². The van der Waals surface area contributed by atoms with Crippen molar-refractivity contribution in [3.8, 4) is 0 Å². The molecule has 1 saturated carbocycles. The summed E-state index contributed by atoms with van der Waals surface area (Å²) in [5.74, 6) is 0.0262. The highest BCUT2D eigenvalue weighted by molar-refractivity contribution is 5.78. The fraction of sp³-hybridized carbons (Fsp3) is 0.571. The lowest BCUT2D eigenvalue weighted by atomic mass is 9.68. The number of benzene rings is 1. The van der Waals surface area contributed by atoms with Crippen LogP contribution in [0.5, 0.6) is 0 Å². The zero-order valence-electron chi connectivity index (χ0n) is 15.4. The van der Waals surface area contributed by atoms with Crippen LogP contribution >= 0.6 is 0 Å². The van der Waals surface area contributed by atoms with Gasteiger partial charge in [-0.15, -0.1) is 0 Å². The van der Waals surface area contributed by atoms with Crippen LogP contribution in [0.25, 0.3) is 10.9 Å². The monoisotopic (exact) mass is 343 g/mol. The van der Waals surface area contributed by atoms with Crippen molar-refractivity contribution in [1.82, 2.24) is 4.98 Å². The zero-order valence-corrected chi connectivity index (χ0v) is 15.4. The second-order valence-corrected chi connectivity index (χ2v) is 7.68. The quantitative estimate of drug-likeness (QED) is 0.870. The summed E-state index contributed by atoms with van der Waals surface area (Å²) in [5, 5.41) is 11.0. The third-order valence-corrected chi connectivity index (χ3v) is 5.52. The van der Waals surface area contributed by atoms with Gasteiger partial charge in [0.15, 0.2) is 0 Å². The first-order valence-electron chi connectivity index (χ1n) is 9.15. The van der Waals surface area contributed by atoms with Crippen LogP contribution in [0.15, 0.2) is 36.4 Å². The molecule has 4 heteroatoms. The Morgan fingerprint density at radius 1 is 1.20 bits per heavy atom. The van der Waals surface area contributed by atoms with Gasteiger partial charge < -0.3 is 14.6 Å². The number of para-hydroxylation sites is 1. The molecule has 0 radical (unpaired) electrons. The summed E-state index contributed by atoms with van der Waals surface area (Å²) in [6, 6.07) is 12.3. The lowest BCUT2D eigenvalue weighted by molar-refractivity contribution is -0.142. The molecule has 0 aliphatic heterocycles. The number of pyridine rings is 1. The van der Waals surface area contributed by atoms with E-state index in [-0.39, 0.29) is 30.1 Å². The van der Waals surface area contributed by atoms with E-state index < -0.39 is 0 Å². The van der Waals surface area contributed by atoms with Crippen LogP contribution in [0, 0.1) is 11.3 Å². The molecule has 136 valence electrons. The molecule has 0 spiro atoms. The van der Waals surface area contributed by atoms with Crippen LogP contribution in [-0.2, 0) is 15.9 Å². The van der Waals surface area contributed by atoms with Gasteiger partial charge in [0.1, 0.15) is 0 Å². The highest BCUT2D eigenvalue weighted by atomic mass is 16.5. The topological polar surface area (TPSA) is 51.6 Å². The van der Waals surface area contributed by atoms with Gasteiger partial charge >= 0.3 is 0 Å². The van der Waals surface area contributed by atoms with Crippen LogP contribution < -0.4 is 0 Å². The molecule has 1 N–H and O–H groups in total. The lowest BCUT2D eigenvalue weighted by Crippen LogP contribution is -2.50. The Bertz CT molecular complexity index is 700. The molecule has 1 aliphatic carbocycles. The minimum absolute atomic E-state index is 0.0232. The first kappa shape index (κ1) is 18.3. The number of aliphatic hydroxyl groups is 1. The normalized spacial score (nSPS) is 26.0. The Balaban J connectivity index is 1.60. The summed E-state index contributed by atoms with van der Waals surface area (Å²) in [6.45, 7) is 5.13. The minimum atomic E-state index is 0.0232. The van der Waals surface area contributed by atoms with Crippen molar-refractivity contribution in [2.75, 3.05) is 20.3 Å². The van der Waals surface area contributed by atoms with Crippen LogP contribution in [0.2, 0.25) is 0 Å². The molecule has 2 aromatic rings. The van der Waals surface area contributed by atoms with Crippen LogP contribution in [0.3, 0.4) is 0 Å². The first-order valence-corrected chi connectivity index (χ1v) is 9.15. The highest BCUT2D eigenvalue weighted by Crippen LogP contribution is 2.41. The molecule has 4 nitrogen and oxygen atoms in total. The van der Waals surface area contributed by atoms with Gasteiger partial charge in [0, 0.05) is 30.5 Å². The van der Waals surface area contributed by atoms with Gasteiger partial charge in [0.2, 0.25) is 0 Å². The molecular formula is C21H29NO3. The predicted octanol–water partition coefficient (Wildman–Crippen LogP) is 3.61. The van der Waals surface area contributed by atoms with Gasteiger partial charge in [-0.3, -0.25) is 4.98 Å². The van der Waals surface area contributed by atoms with E-state index in [2.05, 4.69) is 32.0 Å². The molecule has 3 atom stereocenters. The molecule has 0 saturated heterocycles. The van der Waals surface area contributed by atoms with Crippen LogP contribution in [0.4, 0.5) is 0 Å². The number of aromatic nitrogens is 1. The average Bonchev–Trinajstić information content (AvgIpc) is 2.62. The van der Waals surface area contributed by atoms with Crippen molar-refractivity contribution in [3.63, 3.8) is 0 Å². The predicted molar refractivity (Wildman–Crippen MR) is 99.6 cm³/mol. The molecule has 1 fully saturated rings. The number of methoxy groups -OCH3 is 1. The minimum Gasteiger partial charge on any atom is -0.396 e. The Labute approximate surface area is 150 Å². The number of fused-ring (bicyclic) bond motifs is 1.